The Kier molecular flexibility index (Phi) is 29.2. The van der Waals surface area contributed by atoms with E-state index in [0.29, 0.717) is 0 Å². The molecule has 3 aliphatic heterocycles. The Morgan fingerprint density at radius 1 is 0.468 bits per heavy atom. The van der Waals surface area contributed by atoms with Crippen LogP contribution in [0.5, 0.6) is 0 Å². The van der Waals surface area contributed by atoms with Gasteiger partial charge in [-0.05, 0) is 6.42 Å². The lowest BCUT2D eigenvalue weighted by molar-refractivity contribution is -0.310. The maximum atomic E-state index is 11.1. The number of carboxylic acid groups (broad SMARTS) is 5. The van der Waals surface area contributed by atoms with E-state index in [1.807, 2.05) is 0 Å². The summed E-state index contributed by atoms with van der Waals surface area (Å²) in [5.74, 6) is -4.17. The SMILES string of the molecule is CC(=O)O.CC(=O)O.CC(=O)O.CC(=O)O.CC(=O)O.NC[C@@H]1O[C@H](O[C@H]2[C@@H](O)[C@H](O[C@@H]3[C@@H](O)[C@H](N)C[C@H](N)[C@H]3O[C@H]3O[C@H](CO)[C@H](O)[C@H](O)[C@H]3N)O[C@@H]2CO)[C@H](N)[C@@H](O)[C@@H]1O. The van der Waals surface area contributed by atoms with E-state index >= 15 is 0 Å². The van der Waals surface area contributed by atoms with Gasteiger partial charge in [0.25, 0.3) is 29.8 Å². The van der Waals surface area contributed by atoms with E-state index in [1.165, 1.54) is 0 Å². The summed E-state index contributed by atoms with van der Waals surface area (Å²) in [6.07, 6.45) is -20.5. The van der Waals surface area contributed by atoms with Crippen molar-refractivity contribution in [3.8, 4) is 0 Å². The van der Waals surface area contributed by atoms with Crippen molar-refractivity contribution in [3.63, 3.8) is 0 Å². The molecule has 19 atom stereocenters. The third kappa shape index (κ3) is 21.3. The van der Waals surface area contributed by atoms with Crippen LogP contribution in [0.2, 0.25) is 0 Å². The van der Waals surface area contributed by atoms with E-state index < -0.39 is 159 Å². The molecule has 3 heterocycles. The second-order valence-corrected chi connectivity index (χ2v) is 13.8. The van der Waals surface area contributed by atoms with Crippen LogP contribution in [0, 0.1) is 0 Å². The van der Waals surface area contributed by atoms with Gasteiger partial charge >= 0.3 is 0 Å². The minimum atomic E-state index is -1.62. The van der Waals surface area contributed by atoms with Crippen molar-refractivity contribution < 1.29 is 119 Å². The zero-order chi connectivity index (χ0) is 48.9. The van der Waals surface area contributed by atoms with Gasteiger partial charge in [-0.2, -0.15) is 0 Å². The first-order chi connectivity index (χ1) is 28.5. The van der Waals surface area contributed by atoms with Crippen LogP contribution in [0.4, 0.5) is 0 Å². The van der Waals surface area contributed by atoms with Gasteiger partial charge in [-0.25, -0.2) is 0 Å². The number of aliphatic carboxylic acids is 5. The van der Waals surface area contributed by atoms with E-state index in [9.17, 15) is 40.9 Å². The Morgan fingerprint density at radius 2 is 0.790 bits per heavy atom. The largest absolute Gasteiger partial charge is 0.481 e. The second kappa shape index (κ2) is 29.9. The molecule has 366 valence electrons. The fraction of sp³-hybridized carbons (Fsp3) is 0.848. The molecule has 62 heavy (non-hydrogen) atoms. The van der Waals surface area contributed by atoms with Gasteiger partial charge < -0.3 is 123 Å². The van der Waals surface area contributed by atoms with E-state index in [-0.39, 0.29) is 13.0 Å². The highest BCUT2D eigenvalue weighted by Gasteiger charge is 2.54. The monoisotopic (exact) mass is 915 g/mol. The molecule has 4 rings (SSSR count). The summed E-state index contributed by atoms with van der Waals surface area (Å²) in [6.45, 7) is 3.93. The van der Waals surface area contributed by atoms with Crippen molar-refractivity contribution >= 4 is 29.8 Å². The van der Waals surface area contributed by atoms with E-state index in [2.05, 4.69) is 0 Å². The normalized spacial score (nSPS) is 38.5. The number of rotatable bonds is 9. The van der Waals surface area contributed by atoms with Gasteiger partial charge in [0, 0.05) is 53.2 Å². The Labute approximate surface area is 354 Å². The Morgan fingerprint density at radius 3 is 1.16 bits per heavy atom. The Balaban J connectivity index is 0. The molecular weight excluding hydrogens is 850 g/mol. The van der Waals surface area contributed by atoms with Crippen LogP contribution in [-0.2, 0) is 52.4 Å². The molecule has 4 fully saturated rings. The van der Waals surface area contributed by atoms with E-state index in [4.69, 9.17) is 107 Å². The average molecular weight is 916 g/mol. The molecule has 3 saturated heterocycles. The molecule has 0 bridgehead atoms. The molecule has 0 unspecified atom stereocenters. The molecule has 29 nitrogen and oxygen atoms in total. The lowest BCUT2D eigenvalue weighted by Gasteiger charge is -2.47. The molecule has 0 spiro atoms. The first kappa shape index (κ1) is 60.7. The summed E-state index contributed by atoms with van der Waals surface area (Å²) in [5.41, 5.74) is 29.9. The number of nitrogens with two attached hydrogens (primary N) is 5. The zero-order valence-corrected chi connectivity index (χ0v) is 34.5. The van der Waals surface area contributed by atoms with Gasteiger partial charge in [0.1, 0.15) is 67.1 Å². The van der Waals surface area contributed by atoms with Gasteiger partial charge in [-0.1, -0.05) is 0 Å². The van der Waals surface area contributed by atoms with E-state index in [1.54, 1.807) is 0 Å². The van der Waals surface area contributed by atoms with Gasteiger partial charge in [0.15, 0.2) is 18.9 Å². The third-order valence-corrected chi connectivity index (χ3v) is 8.32. The van der Waals surface area contributed by atoms with Gasteiger partial charge in [0.05, 0.1) is 31.4 Å². The van der Waals surface area contributed by atoms with Gasteiger partial charge in [-0.3, -0.25) is 24.0 Å². The molecule has 0 amide bonds. The lowest BCUT2D eigenvalue weighted by atomic mass is 9.84. The summed E-state index contributed by atoms with van der Waals surface area (Å²) < 4.78 is 34.4. The van der Waals surface area contributed by atoms with Crippen LogP contribution in [0.1, 0.15) is 41.0 Å². The smallest absolute Gasteiger partial charge is 0.300 e. The number of hydrogen-bond donors (Lipinski definition) is 18. The van der Waals surface area contributed by atoms with Gasteiger partial charge in [0.2, 0.25) is 0 Å². The van der Waals surface area contributed by atoms with E-state index in [0.717, 1.165) is 34.6 Å². The van der Waals surface area contributed by atoms with Gasteiger partial charge in [-0.15, -0.1) is 0 Å². The van der Waals surface area contributed by atoms with Crippen LogP contribution in [0.25, 0.3) is 0 Å². The van der Waals surface area contributed by atoms with Crippen LogP contribution in [0.3, 0.4) is 0 Å². The second-order valence-electron chi connectivity index (χ2n) is 13.8. The Hall–Kier alpha value is -3.41. The highest BCUT2D eigenvalue weighted by Crippen LogP contribution is 2.34. The topological polar surface area (TPSA) is 534 Å². The van der Waals surface area contributed by atoms with Crippen molar-refractivity contribution in [1.29, 1.82) is 0 Å². The van der Waals surface area contributed by atoms with Crippen molar-refractivity contribution in [2.45, 2.75) is 157 Å². The van der Waals surface area contributed by atoms with Crippen LogP contribution in [-0.4, -0.2) is 232 Å². The number of aliphatic hydroxyl groups is 8. The number of carboxylic acids is 5. The zero-order valence-electron chi connectivity index (χ0n) is 34.5. The van der Waals surface area contributed by atoms with Crippen LogP contribution >= 0.6 is 0 Å². The average Bonchev–Trinajstić information content (AvgIpc) is 3.43. The Bertz CT molecular complexity index is 1250. The number of carbonyl (C=O) groups is 5. The summed E-state index contributed by atoms with van der Waals surface area (Å²) in [7, 11) is 0. The van der Waals surface area contributed by atoms with Crippen LogP contribution < -0.4 is 28.7 Å². The number of hydrogen-bond acceptors (Lipinski definition) is 24. The standard InChI is InChI=1S/C23H45N5O14.5C2H4O2/c24-2-7-13(32)15(34)10(27)21(37-7)41-19-9(4-30)39-23(17(19)36)42-20-12(31)5(25)1-6(26)18(20)40-22-11(28)16(35)14(33)8(3-29)38-22;5*1-2(3)4/h5-23,29-36H,1-4,24-28H2;5*1H3,(H,3,4)/t5-,6+,7+,8-,9-,10-,11-,12+,13-,14+,15-,16-,17-,18-,19-,20-,21-,22-,23+;;;;;/m1...../s1. The molecule has 1 saturated carbocycles. The molecule has 1 aliphatic carbocycles. The molecule has 29 heteroatoms. The maximum Gasteiger partial charge on any atom is 0.300 e. The van der Waals surface area contributed by atoms with Crippen molar-refractivity contribution in [3.05, 3.63) is 0 Å². The predicted octanol–water partition coefficient (Wildman–Crippen LogP) is -8.41. The van der Waals surface area contributed by atoms with Crippen molar-refractivity contribution in [1.82, 2.24) is 0 Å². The lowest BCUT2D eigenvalue weighted by Crippen LogP contribution is -2.68. The summed E-state index contributed by atoms with van der Waals surface area (Å²) in [6, 6.07) is -4.30. The first-order valence-electron chi connectivity index (χ1n) is 18.4. The summed E-state index contributed by atoms with van der Waals surface area (Å²) in [5, 5.41) is 119. The number of ether oxygens (including phenoxy) is 6. The summed E-state index contributed by atoms with van der Waals surface area (Å²) >= 11 is 0. The predicted molar refractivity (Wildman–Crippen MR) is 203 cm³/mol. The minimum absolute atomic E-state index is 0.0642. The molecule has 0 aromatic heterocycles. The molecule has 0 aromatic carbocycles. The third-order valence-electron chi connectivity index (χ3n) is 8.32. The molecular formula is C33H65N5O24. The molecule has 0 radical (unpaired) electrons. The fourth-order valence-electron chi connectivity index (χ4n) is 5.70. The fourth-order valence-corrected chi connectivity index (χ4v) is 5.70. The molecule has 0 aromatic rings. The van der Waals surface area contributed by atoms with Crippen molar-refractivity contribution in [2.75, 3.05) is 19.8 Å². The maximum absolute atomic E-state index is 11.1. The minimum Gasteiger partial charge on any atom is -0.481 e. The highest BCUT2D eigenvalue weighted by atomic mass is 16.8. The quantitative estimate of drug-likeness (QED) is 0.102. The first-order valence-corrected chi connectivity index (χ1v) is 18.4. The highest BCUT2D eigenvalue weighted by molar-refractivity contribution is 5.63. The number of aliphatic hydroxyl groups excluding tert-OH is 8. The summed E-state index contributed by atoms with van der Waals surface area (Å²) in [4.78, 5) is 45.0. The molecule has 23 N–H and O–H groups in total. The van der Waals surface area contributed by atoms with Crippen LogP contribution in [0.15, 0.2) is 0 Å². The molecule has 4 aliphatic rings. The van der Waals surface area contributed by atoms with Crippen molar-refractivity contribution in [2.24, 2.45) is 28.7 Å².